The number of pyridine rings is 1. The first-order chi connectivity index (χ1) is 23.1. The number of hydrogen-bond donors (Lipinski definition) is 0. The normalized spacial score (nSPS) is 18.2. The molecule has 0 radical (unpaired) electrons. The van der Waals surface area contributed by atoms with Gasteiger partial charge in [0.15, 0.2) is 11.6 Å². The van der Waals surface area contributed by atoms with Crippen molar-refractivity contribution >= 4 is 11.8 Å². The Bertz CT molecular complexity index is 1770. The molecular formula is C36H40F3N7O2. The third-order valence-corrected chi connectivity index (χ3v) is 9.72. The van der Waals surface area contributed by atoms with Crippen LogP contribution in [0.4, 0.5) is 13.2 Å². The summed E-state index contributed by atoms with van der Waals surface area (Å²) in [5.41, 5.74) is 3.04. The van der Waals surface area contributed by atoms with E-state index in [2.05, 4.69) is 40.1 Å². The van der Waals surface area contributed by atoms with E-state index in [0.717, 1.165) is 43.4 Å². The van der Waals surface area contributed by atoms with Crippen LogP contribution in [0, 0.1) is 30.3 Å². The van der Waals surface area contributed by atoms with Gasteiger partial charge in [0.2, 0.25) is 0 Å². The van der Waals surface area contributed by atoms with E-state index in [1.165, 1.54) is 6.20 Å². The van der Waals surface area contributed by atoms with Crippen LogP contribution in [0.2, 0.25) is 0 Å². The number of rotatable bonds is 8. The Morgan fingerprint density at radius 3 is 2.35 bits per heavy atom. The maximum Gasteiger partial charge on any atom is 0.254 e. The lowest BCUT2D eigenvalue weighted by atomic mass is 9.94. The molecule has 0 bridgehead atoms. The van der Waals surface area contributed by atoms with E-state index >= 15 is 0 Å². The van der Waals surface area contributed by atoms with Crippen LogP contribution >= 0.6 is 0 Å². The van der Waals surface area contributed by atoms with E-state index in [4.69, 9.17) is 0 Å². The zero-order valence-electron chi connectivity index (χ0n) is 27.5. The van der Waals surface area contributed by atoms with Crippen molar-refractivity contribution in [3.8, 4) is 11.3 Å². The molecular weight excluding hydrogens is 619 g/mol. The second-order valence-corrected chi connectivity index (χ2v) is 12.9. The van der Waals surface area contributed by atoms with Gasteiger partial charge in [0.05, 0.1) is 12.2 Å². The average Bonchev–Trinajstić information content (AvgIpc) is 3.60. The predicted molar refractivity (Wildman–Crippen MR) is 174 cm³/mol. The van der Waals surface area contributed by atoms with E-state index in [-0.39, 0.29) is 35.2 Å². The van der Waals surface area contributed by atoms with Crippen molar-refractivity contribution in [1.29, 1.82) is 0 Å². The summed E-state index contributed by atoms with van der Waals surface area (Å²) in [7, 11) is 0. The van der Waals surface area contributed by atoms with Crippen molar-refractivity contribution in [3.63, 3.8) is 0 Å². The molecule has 0 N–H and O–H groups in total. The number of aryl methyl sites for hydroxylation is 1. The van der Waals surface area contributed by atoms with Crippen LogP contribution in [0.5, 0.6) is 0 Å². The predicted octanol–water partition coefficient (Wildman–Crippen LogP) is 5.92. The number of amides is 2. The largest absolute Gasteiger partial charge is 0.338 e. The van der Waals surface area contributed by atoms with Crippen LogP contribution in [0.15, 0.2) is 60.9 Å². The molecule has 0 saturated carbocycles. The van der Waals surface area contributed by atoms with Gasteiger partial charge in [0, 0.05) is 80.0 Å². The third kappa shape index (κ3) is 7.13. The van der Waals surface area contributed by atoms with E-state index < -0.39 is 17.5 Å². The first-order valence-corrected chi connectivity index (χ1v) is 16.5. The summed E-state index contributed by atoms with van der Waals surface area (Å²) in [4.78, 5) is 38.1. The van der Waals surface area contributed by atoms with Crippen LogP contribution < -0.4 is 0 Å². The number of likely N-dealkylation sites (tertiary alicyclic amines) is 1. The molecule has 2 aliphatic rings. The Kier molecular flexibility index (Phi) is 9.91. The lowest BCUT2D eigenvalue weighted by Crippen LogP contribution is -2.57. The molecule has 2 unspecified atom stereocenters. The molecule has 6 rings (SSSR count). The molecule has 0 spiro atoms. The van der Waals surface area contributed by atoms with Gasteiger partial charge in [-0.05, 0) is 61.6 Å². The number of carbonyl (C=O) groups is 2. The van der Waals surface area contributed by atoms with Crippen molar-refractivity contribution < 1.29 is 22.8 Å². The van der Waals surface area contributed by atoms with Gasteiger partial charge in [-0.1, -0.05) is 37.6 Å². The summed E-state index contributed by atoms with van der Waals surface area (Å²) in [6.45, 7) is 10.1. The number of aromatic nitrogens is 4. The number of carbonyl (C=O) groups excluding carboxylic acids is 2. The molecule has 2 atom stereocenters. The number of halogens is 3. The molecule has 2 saturated heterocycles. The Hall–Kier alpha value is -4.58. The number of benzene rings is 2. The molecule has 2 aromatic heterocycles. The standard InChI is InChI=1S/C36H40F3N7O2/c1-4-23(2)34-22-43(20-25-9-8-24(3)40-19-25)14-15-45(34)36(48)27-7-5-6-26(16-27)35(47)44-12-10-28(11-13-44)46-21-33(41-42-46)29-17-31(38)32(39)18-30(29)37/h5-9,16-19,21,23,28,34H,4,10-15,20,22H2,1-3H3. The zero-order chi connectivity index (χ0) is 33.9. The van der Waals surface area contributed by atoms with Crippen molar-refractivity contribution in [3.05, 3.63) is 101 Å². The maximum absolute atomic E-state index is 14.3. The van der Waals surface area contributed by atoms with Crippen LogP contribution in [-0.2, 0) is 6.54 Å². The third-order valence-electron chi connectivity index (χ3n) is 9.72. The van der Waals surface area contributed by atoms with E-state index in [9.17, 15) is 22.8 Å². The fraction of sp³-hybridized carbons (Fsp3) is 0.417. The van der Waals surface area contributed by atoms with Gasteiger partial charge in [-0.3, -0.25) is 19.5 Å². The fourth-order valence-electron chi connectivity index (χ4n) is 6.64. The van der Waals surface area contributed by atoms with Crippen LogP contribution in [0.3, 0.4) is 0 Å². The lowest BCUT2D eigenvalue weighted by Gasteiger charge is -2.44. The molecule has 2 amide bonds. The molecule has 2 fully saturated rings. The number of nitrogens with zero attached hydrogens (tertiary/aromatic N) is 7. The lowest BCUT2D eigenvalue weighted by molar-refractivity contribution is 0.0302. The number of piperazine rings is 1. The van der Waals surface area contributed by atoms with Gasteiger partial charge >= 0.3 is 0 Å². The van der Waals surface area contributed by atoms with Crippen molar-refractivity contribution in [2.75, 3.05) is 32.7 Å². The molecule has 9 nitrogen and oxygen atoms in total. The topological polar surface area (TPSA) is 87.5 Å². The molecule has 252 valence electrons. The van der Waals surface area contributed by atoms with Crippen molar-refractivity contribution in [2.45, 2.75) is 58.7 Å². The highest BCUT2D eigenvalue weighted by molar-refractivity contribution is 6.00. The molecule has 2 aliphatic heterocycles. The van der Waals surface area contributed by atoms with Gasteiger partial charge in [0.25, 0.3) is 11.8 Å². The van der Waals surface area contributed by atoms with Crippen molar-refractivity contribution in [2.24, 2.45) is 5.92 Å². The monoisotopic (exact) mass is 659 g/mol. The number of piperidine rings is 1. The Labute approximate surface area is 278 Å². The highest BCUT2D eigenvalue weighted by atomic mass is 19.2. The quantitative estimate of drug-likeness (QED) is 0.219. The van der Waals surface area contributed by atoms with Gasteiger partial charge in [-0.2, -0.15) is 0 Å². The molecule has 4 aromatic rings. The van der Waals surface area contributed by atoms with Gasteiger partial charge in [-0.25, -0.2) is 17.9 Å². The minimum absolute atomic E-state index is 0.0453. The Balaban J connectivity index is 1.09. The first kappa shape index (κ1) is 33.3. The minimum atomic E-state index is -1.27. The summed E-state index contributed by atoms with van der Waals surface area (Å²) in [6, 6.07) is 12.3. The van der Waals surface area contributed by atoms with Crippen LogP contribution in [-0.4, -0.2) is 85.3 Å². The molecule has 48 heavy (non-hydrogen) atoms. The summed E-state index contributed by atoms with van der Waals surface area (Å²) < 4.78 is 43.0. The van der Waals surface area contributed by atoms with Gasteiger partial charge < -0.3 is 9.80 Å². The average molecular weight is 660 g/mol. The smallest absolute Gasteiger partial charge is 0.254 e. The SMILES string of the molecule is CCC(C)C1CN(Cc2ccc(C)nc2)CCN1C(=O)c1cccc(C(=O)N2CCC(n3cc(-c4cc(F)c(F)cc4F)nn3)CC2)c1. The second kappa shape index (κ2) is 14.3. The number of hydrogen-bond acceptors (Lipinski definition) is 6. The molecule has 0 aliphatic carbocycles. The van der Waals surface area contributed by atoms with Gasteiger partial charge in [-0.15, -0.1) is 5.10 Å². The Morgan fingerprint density at radius 1 is 0.917 bits per heavy atom. The fourth-order valence-corrected chi connectivity index (χ4v) is 6.64. The van der Waals surface area contributed by atoms with E-state index in [1.807, 2.05) is 24.1 Å². The maximum atomic E-state index is 14.3. The molecule has 2 aromatic carbocycles. The van der Waals surface area contributed by atoms with Crippen molar-refractivity contribution in [1.82, 2.24) is 34.7 Å². The summed E-state index contributed by atoms with van der Waals surface area (Å²) in [5.74, 6) is -3.27. The highest BCUT2D eigenvalue weighted by Crippen LogP contribution is 2.28. The van der Waals surface area contributed by atoms with E-state index in [1.54, 1.807) is 33.8 Å². The zero-order valence-corrected chi connectivity index (χ0v) is 27.5. The van der Waals surface area contributed by atoms with Crippen LogP contribution in [0.1, 0.15) is 71.1 Å². The minimum Gasteiger partial charge on any atom is -0.338 e. The summed E-state index contributed by atoms with van der Waals surface area (Å²) >= 11 is 0. The van der Waals surface area contributed by atoms with E-state index in [0.29, 0.717) is 55.6 Å². The first-order valence-electron chi connectivity index (χ1n) is 16.5. The van der Waals surface area contributed by atoms with Gasteiger partial charge in [0.1, 0.15) is 11.5 Å². The Morgan fingerprint density at radius 2 is 1.65 bits per heavy atom. The highest BCUT2D eigenvalue weighted by Gasteiger charge is 2.34. The summed E-state index contributed by atoms with van der Waals surface area (Å²) in [5, 5.41) is 8.07. The molecule has 12 heteroatoms. The second-order valence-electron chi connectivity index (χ2n) is 12.9. The van der Waals surface area contributed by atoms with Crippen LogP contribution in [0.25, 0.3) is 11.3 Å². The summed E-state index contributed by atoms with van der Waals surface area (Å²) in [6.07, 6.45) is 5.53. The molecule has 4 heterocycles.